The minimum absolute atomic E-state index is 0.134. The smallest absolute Gasteiger partial charge is 0.246 e. The summed E-state index contributed by atoms with van der Waals surface area (Å²) in [7, 11) is 3.23. The molecule has 23 heavy (non-hydrogen) atoms. The standard InChI is InChI=1S/C19H25NO3/c1-22-17-9-7-14(13-18(17)23-2)8-10-19(21)20-12-11-15-5-3-4-6-16(15)20/h7-10,13,15-16H,3-6,11-12H2,1-2H3. The Bertz CT molecular complexity index is 596. The van der Waals surface area contributed by atoms with Gasteiger partial charge in [-0.2, -0.15) is 0 Å². The fourth-order valence-electron chi connectivity index (χ4n) is 3.90. The molecular formula is C19H25NO3. The average molecular weight is 315 g/mol. The normalized spacial score (nSPS) is 23.8. The molecule has 124 valence electrons. The molecule has 1 saturated heterocycles. The summed E-state index contributed by atoms with van der Waals surface area (Å²) in [5, 5.41) is 0. The molecule has 1 saturated carbocycles. The van der Waals surface area contributed by atoms with E-state index in [1.807, 2.05) is 24.3 Å². The predicted octanol–water partition coefficient (Wildman–Crippen LogP) is 3.51. The first-order chi connectivity index (χ1) is 11.2. The number of carbonyl (C=O) groups is 1. The highest BCUT2D eigenvalue weighted by molar-refractivity contribution is 5.92. The van der Waals surface area contributed by atoms with E-state index in [1.54, 1.807) is 20.3 Å². The zero-order chi connectivity index (χ0) is 16.2. The molecule has 2 aliphatic rings. The van der Waals surface area contributed by atoms with Crippen molar-refractivity contribution in [3.63, 3.8) is 0 Å². The Labute approximate surface area is 138 Å². The van der Waals surface area contributed by atoms with Crippen molar-refractivity contribution >= 4 is 12.0 Å². The van der Waals surface area contributed by atoms with E-state index in [4.69, 9.17) is 9.47 Å². The first-order valence-corrected chi connectivity index (χ1v) is 8.43. The molecule has 0 spiro atoms. The van der Waals surface area contributed by atoms with Gasteiger partial charge in [-0.15, -0.1) is 0 Å². The van der Waals surface area contributed by atoms with E-state index in [9.17, 15) is 4.79 Å². The topological polar surface area (TPSA) is 38.8 Å². The van der Waals surface area contributed by atoms with Crippen LogP contribution < -0.4 is 9.47 Å². The first-order valence-electron chi connectivity index (χ1n) is 8.43. The van der Waals surface area contributed by atoms with Gasteiger partial charge in [0.25, 0.3) is 0 Å². The Hall–Kier alpha value is -1.97. The van der Waals surface area contributed by atoms with Crippen LogP contribution in [0.1, 0.15) is 37.7 Å². The summed E-state index contributed by atoms with van der Waals surface area (Å²) < 4.78 is 10.5. The van der Waals surface area contributed by atoms with E-state index in [-0.39, 0.29) is 5.91 Å². The number of fused-ring (bicyclic) bond motifs is 1. The number of amides is 1. The van der Waals surface area contributed by atoms with Gasteiger partial charge in [-0.3, -0.25) is 4.79 Å². The van der Waals surface area contributed by atoms with Crippen LogP contribution in [0.15, 0.2) is 24.3 Å². The van der Waals surface area contributed by atoms with Crippen LogP contribution in [0.25, 0.3) is 6.08 Å². The van der Waals surface area contributed by atoms with Crippen LogP contribution in [-0.4, -0.2) is 37.6 Å². The highest BCUT2D eigenvalue weighted by Gasteiger charge is 2.37. The fraction of sp³-hybridized carbons (Fsp3) is 0.526. The second kappa shape index (κ2) is 7.07. The van der Waals surface area contributed by atoms with Crippen LogP contribution in [0.4, 0.5) is 0 Å². The summed E-state index contributed by atoms with van der Waals surface area (Å²) in [5.41, 5.74) is 0.940. The van der Waals surface area contributed by atoms with Crippen molar-refractivity contribution in [2.75, 3.05) is 20.8 Å². The zero-order valence-corrected chi connectivity index (χ0v) is 14.0. The summed E-state index contributed by atoms with van der Waals surface area (Å²) in [4.78, 5) is 14.6. The molecule has 0 bridgehead atoms. The number of hydrogen-bond donors (Lipinski definition) is 0. The molecule has 2 atom stereocenters. The molecule has 4 nitrogen and oxygen atoms in total. The lowest BCUT2D eigenvalue weighted by Crippen LogP contribution is -2.38. The fourth-order valence-corrected chi connectivity index (χ4v) is 3.90. The number of carbonyl (C=O) groups excluding carboxylic acids is 1. The summed E-state index contributed by atoms with van der Waals surface area (Å²) in [6.45, 7) is 0.907. The van der Waals surface area contributed by atoms with E-state index in [1.165, 1.54) is 32.1 Å². The third-order valence-electron chi connectivity index (χ3n) is 5.12. The number of nitrogens with zero attached hydrogens (tertiary/aromatic N) is 1. The lowest BCUT2D eigenvalue weighted by molar-refractivity contribution is -0.127. The molecular weight excluding hydrogens is 290 g/mol. The molecule has 1 heterocycles. The average Bonchev–Trinajstić information content (AvgIpc) is 3.03. The van der Waals surface area contributed by atoms with Gasteiger partial charge in [-0.25, -0.2) is 0 Å². The molecule has 0 aromatic heterocycles. The van der Waals surface area contributed by atoms with E-state index < -0.39 is 0 Å². The molecule has 3 rings (SSSR count). The molecule has 0 N–H and O–H groups in total. The quantitative estimate of drug-likeness (QED) is 0.798. The summed E-state index contributed by atoms with van der Waals surface area (Å²) in [6, 6.07) is 6.14. The zero-order valence-electron chi connectivity index (χ0n) is 14.0. The molecule has 0 radical (unpaired) electrons. The minimum Gasteiger partial charge on any atom is -0.493 e. The van der Waals surface area contributed by atoms with Crippen molar-refractivity contribution in [1.29, 1.82) is 0 Å². The Morgan fingerprint density at radius 2 is 1.91 bits per heavy atom. The van der Waals surface area contributed by atoms with Crippen LogP contribution in [0.3, 0.4) is 0 Å². The van der Waals surface area contributed by atoms with E-state index in [0.29, 0.717) is 17.5 Å². The van der Waals surface area contributed by atoms with E-state index >= 15 is 0 Å². The number of ether oxygens (including phenoxy) is 2. The van der Waals surface area contributed by atoms with Crippen molar-refractivity contribution in [3.05, 3.63) is 29.8 Å². The van der Waals surface area contributed by atoms with E-state index in [0.717, 1.165) is 18.0 Å². The Kier molecular flexibility index (Phi) is 4.89. The first kappa shape index (κ1) is 15.9. The SMILES string of the molecule is COc1ccc(C=CC(=O)N2CCC3CCCCC32)cc1OC. The maximum absolute atomic E-state index is 12.5. The van der Waals surface area contributed by atoms with Crippen molar-refractivity contribution < 1.29 is 14.3 Å². The highest BCUT2D eigenvalue weighted by atomic mass is 16.5. The third-order valence-corrected chi connectivity index (χ3v) is 5.12. The van der Waals surface area contributed by atoms with Gasteiger partial charge >= 0.3 is 0 Å². The number of hydrogen-bond acceptors (Lipinski definition) is 3. The lowest BCUT2D eigenvalue weighted by atomic mass is 9.85. The van der Waals surface area contributed by atoms with Gasteiger partial charge in [-0.1, -0.05) is 18.9 Å². The number of methoxy groups -OCH3 is 2. The summed E-state index contributed by atoms with van der Waals surface area (Å²) >= 11 is 0. The Morgan fingerprint density at radius 1 is 1.13 bits per heavy atom. The second-order valence-electron chi connectivity index (χ2n) is 6.38. The van der Waals surface area contributed by atoms with E-state index in [2.05, 4.69) is 4.90 Å². The largest absolute Gasteiger partial charge is 0.493 e. The van der Waals surface area contributed by atoms with Crippen molar-refractivity contribution in [3.8, 4) is 11.5 Å². The Balaban J connectivity index is 1.69. The maximum Gasteiger partial charge on any atom is 0.246 e. The molecule has 1 aliphatic heterocycles. The second-order valence-corrected chi connectivity index (χ2v) is 6.38. The van der Waals surface area contributed by atoms with Gasteiger partial charge in [-0.05, 0) is 49.0 Å². The van der Waals surface area contributed by atoms with Crippen molar-refractivity contribution in [1.82, 2.24) is 4.90 Å². The van der Waals surface area contributed by atoms with Crippen LogP contribution in [-0.2, 0) is 4.79 Å². The van der Waals surface area contributed by atoms with Crippen LogP contribution in [0.5, 0.6) is 11.5 Å². The Morgan fingerprint density at radius 3 is 2.70 bits per heavy atom. The number of likely N-dealkylation sites (tertiary alicyclic amines) is 1. The maximum atomic E-state index is 12.5. The molecule has 1 amide bonds. The van der Waals surface area contributed by atoms with Crippen LogP contribution in [0, 0.1) is 5.92 Å². The molecule has 1 aromatic rings. The van der Waals surface area contributed by atoms with Crippen molar-refractivity contribution in [2.45, 2.75) is 38.1 Å². The third kappa shape index (κ3) is 3.36. The van der Waals surface area contributed by atoms with Crippen LogP contribution in [0.2, 0.25) is 0 Å². The summed E-state index contributed by atoms with van der Waals surface area (Å²) in [5.74, 6) is 2.23. The monoisotopic (exact) mass is 315 g/mol. The molecule has 1 aliphatic carbocycles. The van der Waals surface area contributed by atoms with Gasteiger partial charge in [0.1, 0.15) is 0 Å². The molecule has 1 aromatic carbocycles. The lowest BCUT2D eigenvalue weighted by Gasteiger charge is -2.31. The van der Waals surface area contributed by atoms with Gasteiger partial charge in [0.05, 0.1) is 14.2 Å². The van der Waals surface area contributed by atoms with Gasteiger partial charge in [0.2, 0.25) is 5.91 Å². The molecule has 2 unspecified atom stereocenters. The van der Waals surface area contributed by atoms with Gasteiger partial charge in [0.15, 0.2) is 11.5 Å². The van der Waals surface area contributed by atoms with Gasteiger partial charge < -0.3 is 14.4 Å². The minimum atomic E-state index is 0.134. The summed E-state index contributed by atoms with van der Waals surface area (Å²) in [6.07, 6.45) is 9.75. The van der Waals surface area contributed by atoms with Crippen molar-refractivity contribution in [2.24, 2.45) is 5.92 Å². The number of benzene rings is 1. The van der Waals surface area contributed by atoms with Gasteiger partial charge in [0, 0.05) is 18.7 Å². The number of rotatable bonds is 4. The highest BCUT2D eigenvalue weighted by Crippen LogP contribution is 2.36. The molecule has 4 heteroatoms. The molecule has 2 fully saturated rings. The van der Waals surface area contributed by atoms with Crippen LogP contribution >= 0.6 is 0 Å². The predicted molar refractivity (Wildman–Crippen MR) is 90.7 cm³/mol.